The molecule has 0 fully saturated rings. The molecule has 0 spiro atoms. The molecule has 1 aliphatic heterocycles. The third-order valence-electron chi connectivity index (χ3n) is 2.06. The molecule has 4 heteroatoms. The molecule has 64 valence electrons. The second-order valence-electron chi connectivity index (χ2n) is 2.95. The second kappa shape index (κ2) is 2.35. The Morgan fingerprint density at radius 3 is 3.00 bits per heavy atom. The van der Waals surface area contributed by atoms with Crippen LogP contribution in [0.4, 0.5) is 15.8 Å². The summed E-state index contributed by atoms with van der Waals surface area (Å²) >= 11 is 0. The van der Waals surface area contributed by atoms with Gasteiger partial charge in [-0.3, -0.25) is 0 Å². The van der Waals surface area contributed by atoms with E-state index in [2.05, 4.69) is 10.9 Å². The lowest BCUT2D eigenvalue weighted by molar-refractivity contribution is 0.632. The molecular formula is C8H10FN3. The Hall–Kier alpha value is -1.29. The van der Waals surface area contributed by atoms with Gasteiger partial charge in [0.2, 0.25) is 0 Å². The number of benzene rings is 1. The van der Waals surface area contributed by atoms with E-state index in [0.29, 0.717) is 0 Å². The molecule has 0 aliphatic carbocycles. The summed E-state index contributed by atoms with van der Waals surface area (Å²) in [4.78, 5) is 0. The first-order chi connectivity index (χ1) is 5.68. The average molecular weight is 167 g/mol. The first-order valence-electron chi connectivity index (χ1n) is 3.79. The van der Waals surface area contributed by atoms with Gasteiger partial charge in [-0.15, -0.1) is 0 Å². The first-order valence-corrected chi connectivity index (χ1v) is 3.79. The molecule has 1 aromatic rings. The fourth-order valence-electron chi connectivity index (χ4n) is 1.34. The maximum atomic E-state index is 12.9. The van der Waals surface area contributed by atoms with Crippen LogP contribution in [0.5, 0.6) is 0 Å². The van der Waals surface area contributed by atoms with Crippen molar-refractivity contribution in [1.82, 2.24) is 5.43 Å². The Kier molecular flexibility index (Phi) is 1.44. The SMILES string of the molecule is CC1NNc2cc(F)c(N)cc21. The van der Waals surface area contributed by atoms with Crippen molar-refractivity contribution in [3.05, 3.63) is 23.5 Å². The molecule has 2 rings (SSSR count). The lowest BCUT2D eigenvalue weighted by Crippen LogP contribution is -2.15. The molecule has 3 nitrogen and oxygen atoms in total. The maximum Gasteiger partial charge on any atom is 0.148 e. The Morgan fingerprint density at radius 2 is 2.25 bits per heavy atom. The third kappa shape index (κ3) is 0.921. The summed E-state index contributed by atoms with van der Waals surface area (Å²) in [5.74, 6) is -0.378. The Balaban J connectivity index is 2.56. The number of hydrogen-bond acceptors (Lipinski definition) is 3. The third-order valence-corrected chi connectivity index (χ3v) is 2.06. The lowest BCUT2D eigenvalue weighted by Gasteiger charge is -2.03. The van der Waals surface area contributed by atoms with Gasteiger partial charge in [0, 0.05) is 6.07 Å². The van der Waals surface area contributed by atoms with E-state index in [1.165, 1.54) is 6.07 Å². The molecule has 0 radical (unpaired) electrons. The van der Waals surface area contributed by atoms with Crippen molar-refractivity contribution in [2.24, 2.45) is 0 Å². The molecule has 1 aromatic carbocycles. The van der Waals surface area contributed by atoms with Gasteiger partial charge in [0.05, 0.1) is 17.4 Å². The molecule has 1 atom stereocenters. The van der Waals surface area contributed by atoms with E-state index in [-0.39, 0.29) is 17.5 Å². The molecule has 1 unspecified atom stereocenters. The lowest BCUT2D eigenvalue weighted by atomic mass is 10.1. The monoisotopic (exact) mass is 167 g/mol. The van der Waals surface area contributed by atoms with E-state index < -0.39 is 0 Å². The predicted octanol–water partition coefficient (Wildman–Crippen LogP) is 1.40. The highest BCUT2D eigenvalue weighted by Gasteiger charge is 2.18. The number of nitrogens with one attached hydrogen (secondary N) is 2. The summed E-state index contributed by atoms with van der Waals surface area (Å²) in [7, 11) is 0. The van der Waals surface area contributed by atoms with Crippen LogP contribution in [0.15, 0.2) is 12.1 Å². The number of rotatable bonds is 0. The Labute approximate surface area is 69.7 Å². The van der Waals surface area contributed by atoms with E-state index >= 15 is 0 Å². The van der Waals surface area contributed by atoms with E-state index in [1.54, 1.807) is 6.07 Å². The molecule has 1 heterocycles. The number of nitrogen functional groups attached to an aromatic ring is 1. The molecular weight excluding hydrogens is 157 g/mol. The first kappa shape index (κ1) is 7.36. The topological polar surface area (TPSA) is 50.1 Å². The number of anilines is 2. The number of nitrogens with two attached hydrogens (primary N) is 1. The molecule has 1 aliphatic rings. The van der Waals surface area contributed by atoms with E-state index in [4.69, 9.17) is 5.73 Å². The second-order valence-corrected chi connectivity index (χ2v) is 2.95. The molecule has 4 N–H and O–H groups in total. The molecule has 0 saturated carbocycles. The standard InChI is InChI=1S/C8H10FN3/c1-4-5-2-7(10)6(9)3-8(5)12-11-4/h2-4,11-12H,10H2,1H3. The number of halogens is 1. The van der Waals surface area contributed by atoms with Crippen LogP contribution in [-0.4, -0.2) is 0 Å². The van der Waals surface area contributed by atoms with E-state index in [1.807, 2.05) is 6.92 Å². The minimum Gasteiger partial charge on any atom is -0.396 e. The highest BCUT2D eigenvalue weighted by molar-refractivity contribution is 5.62. The Bertz CT molecular complexity index is 324. The van der Waals surface area contributed by atoms with Crippen LogP contribution in [0.25, 0.3) is 0 Å². The minimum atomic E-state index is -0.378. The molecule has 0 bridgehead atoms. The smallest absolute Gasteiger partial charge is 0.148 e. The summed E-state index contributed by atoms with van der Waals surface area (Å²) in [6, 6.07) is 3.24. The van der Waals surface area contributed by atoms with E-state index in [0.717, 1.165) is 11.3 Å². The highest BCUT2D eigenvalue weighted by atomic mass is 19.1. The van der Waals surface area contributed by atoms with Crippen LogP contribution in [-0.2, 0) is 0 Å². The average Bonchev–Trinajstić information content (AvgIpc) is 2.35. The van der Waals surface area contributed by atoms with Gasteiger partial charge in [-0.2, -0.15) is 0 Å². The number of hydrazine groups is 1. The molecule has 0 saturated heterocycles. The normalized spacial score (nSPS) is 20.3. The zero-order valence-corrected chi connectivity index (χ0v) is 6.69. The van der Waals surface area contributed by atoms with Crippen molar-refractivity contribution in [2.45, 2.75) is 13.0 Å². The van der Waals surface area contributed by atoms with Crippen LogP contribution in [0.2, 0.25) is 0 Å². The Morgan fingerprint density at radius 1 is 1.50 bits per heavy atom. The zero-order valence-electron chi connectivity index (χ0n) is 6.69. The van der Waals surface area contributed by atoms with Crippen molar-refractivity contribution < 1.29 is 4.39 Å². The predicted molar refractivity (Wildman–Crippen MR) is 46.0 cm³/mol. The van der Waals surface area contributed by atoms with Crippen molar-refractivity contribution in [2.75, 3.05) is 11.2 Å². The highest BCUT2D eigenvalue weighted by Crippen LogP contribution is 2.30. The van der Waals surface area contributed by atoms with Gasteiger partial charge < -0.3 is 11.2 Å². The van der Waals surface area contributed by atoms with Gasteiger partial charge in [-0.1, -0.05) is 0 Å². The van der Waals surface area contributed by atoms with Crippen LogP contribution in [0.3, 0.4) is 0 Å². The summed E-state index contributed by atoms with van der Waals surface area (Å²) < 4.78 is 12.9. The van der Waals surface area contributed by atoms with Crippen LogP contribution in [0.1, 0.15) is 18.5 Å². The molecule has 12 heavy (non-hydrogen) atoms. The molecule has 0 amide bonds. The van der Waals surface area contributed by atoms with Gasteiger partial charge >= 0.3 is 0 Å². The van der Waals surface area contributed by atoms with Crippen LogP contribution >= 0.6 is 0 Å². The van der Waals surface area contributed by atoms with Crippen LogP contribution in [0, 0.1) is 5.82 Å². The zero-order chi connectivity index (χ0) is 8.72. The van der Waals surface area contributed by atoms with Crippen molar-refractivity contribution >= 4 is 11.4 Å². The minimum absolute atomic E-state index is 0.183. The largest absolute Gasteiger partial charge is 0.396 e. The fraction of sp³-hybridized carbons (Fsp3) is 0.250. The summed E-state index contributed by atoms with van der Waals surface area (Å²) in [6.45, 7) is 1.98. The quantitative estimate of drug-likeness (QED) is 0.512. The maximum absolute atomic E-state index is 12.9. The van der Waals surface area contributed by atoms with Gasteiger partial charge in [-0.05, 0) is 18.6 Å². The van der Waals surface area contributed by atoms with Gasteiger partial charge in [0.25, 0.3) is 0 Å². The summed E-state index contributed by atoms with van der Waals surface area (Å²) in [5.41, 5.74) is 13.2. The van der Waals surface area contributed by atoms with Crippen molar-refractivity contribution in [1.29, 1.82) is 0 Å². The van der Waals surface area contributed by atoms with Gasteiger partial charge in [0.1, 0.15) is 5.82 Å². The summed E-state index contributed by atoms with van der Waals surface area (Å²) in [5, 5.41) is 0. The van der Waals surface area contributed by atoms with Gasteiger partial charge in [0.15, 0.2) is 0 Å². The van der Waals surface area contributed by atoms with Crippen LogP contribution < -0.4 is 16.6 Å². The van der Waals surface area contributed by atoms with E-state index in [9.17, 15) is 4.39 Å². The molecule has 0 aromatic heterocycles. The number of hydrogen-bond donors (Lipinski definition) is 3. The van der Waals surface area contributed by atoms with Crippen molar-refractivity contribution in [3.63, 3.8) is 0 Å². The van der Waals surface area contributed by atoms with Crippen molar-refractivity contribution in [3.8, 4) is 0 Å². The fourth-order valence-corrected chi connectivity index (χ4v) is 1.34. The summed E-state index contributed by atoms with van der Waals surface area (Å²) in [6.07, 6.45) is 0. The number of fused-ring (bicyclic) bond motifs is 1. The van der Waals surface area contributed by atoms with Gasteiger partial charge in [-0.25, -0.2) is 9.82 Å².